The highest BCUT2D eigenvalue weighted by atomic mass is 16.5. The monoisotopic (exact) mass is 349 g/mol. The van der Waals surface area contributed by atoms with Gasteiger partial charge in [-0.1, -0.05) is 12.8 Å². The molecule has 3 N–H and O–H groups in total. The molecule has 1 atom stereocenters. The van der Waals surface area contributed by atoms with E-state index >= 15 is 0 Å². The van der Waals surface area contributed by atoms with Gasteiger partial charge in [-0.2, -0.15) is 5.10 Å². The van der Waals surface area contributed by atoms with Crippen LogP contribution in [0.2, 0.25) is 0 Å². The van der Waals surface area contributed by atoms with Crippen molar-refractivity contribution in [3.8, 4) is 0 Å². The van der Waals surface area contributed by atoms with Crippen LogP contribution in [-0.2, 0) is 11.3 Å². The topological polar surface area (TPSA) is 83.7 Å². The zero-order chi connectivity index (χ0) is 17.5. The fraction of sp³-hybridized carbons (Fsp3) is 0.778. The first kappa shape index (κ1) is 18.2. The molecule has 1 saturated heterocycles. The number of aromatic nitrogens is 2. The van der Waals surface area contributed by atoms with Crippen LogP contribution in [0, 0.1) is 5.41 Å². The Morgan fingerprint density at radius 2 is 2.28 bits per heavy atom. The van der Waals surface area contributed by atoms with E-state index in [0.29, 0.717) is 19.2 Å². The smallest absolute Gasteiger partial charge is 0.191 e. The zero-order valence-electron chi connectivity index (χ0n) is 15.2. The maximum Gasteiger partial charge on any atom is 0.191 e. The molecular formula is C18H31N5O2. The van der Waals surface area contributed by atoms with Crippen molar-refractivity contribution < 1.29 is 9.84 Å². The molecule has 0 spiro atoms. The third kappa shape index (κ3) is 4.73. The van der Waals surface area contributed by atoms with Crippen molar-refractivity contribution in [1.82, 2.24) is 20.4 Å². The Morgan fingerprint density at radius 1 is 1.44 bits per heavy atom. The number of guanidine groups is 1. The van der Waals surface area contributed by atoms with Gasteiger partial charge in [-0.3, -0.25) is 9.67 Å². The van der Waals surface area contributed by atoms with Crippen LogP contribution in [0.3, 0.4) is 0 Å². The maximum absolute atomic E-state index is 9.32. The second-order valence-electron chi connectivity index (χ2n) is 7.28. The van der Waals surface area contributed by atoms with E-state index in [2.05, 4.69) is 32.6 Å². The Bertz CT molecular complexity index is 560. The molecular weight excluding hydrogens is 318 g/mol. The van der Waals surface area contributed by atoms with E-state index < -0.39 is 0 Å². The molecule has 2 heterocycles. The molecule has 25 heavy (non-hydrogen) atoms. The van der Waals surface area contributed by atoms with Gasteiger partial charge in [0.15, 0.2) is 5.96 Å². The Morgan fingerprint density at radius 3 is 2.96 bits per heavy atom. The molecule has 0 amide bonds. The molecule has 1 aliphatic carbocycles. The molecule has 2 fully saturated rings. The fourth-order valence-electron chi connectivity index (χ4n) is 3.82. The Labute approximate surface area is 149 Å². The number of aliphatic hydroxyl groups excluding tert-OH is 1. The minimum Gasteiger partial charge on any atom is -0.396 e. The number of rotatable bonds is 7. The van der Waals surface area contributed by atoms with Gasteiger partial charge in [-0.15, -0.1) is 0 Å². The number of ether oxygens (including phenoxy) is 1. The van der Waals surface area contributed by atoms with Gasteiger partial charge in [-0.05, 0) is 31.7 Å². The van der Waals surface area contributed by atoms with Crippen molar-refractivity contribution in [3.63, 3.8) is 0 Å². The van der Waals surface area contributed by atoms with E-state index in [-0.39, 0.29) is 12.0 Å². The molecule has 3 rings (SSSR count). The first-order chi connectivity index (χ1) is 12.2. The SMILES string of the molecule is CN=C(NCc1ccn(C2CCCC2)n1)NCC1(CCO)CCOC1. The summed E-state index contributed by atoms with van der Waals surface area (Å²) in [4.78, 5) is 4.30. The van der Waals surface area contributed by atoms with Crippen LogP contribution >= 0.6 is 0 Å². The number of hydrogen-bond acceptors (Lipinski definition) is 4. The summed E-state index contributed by atoms with van der Waals surface area (Å²) in [6.45, 7) is 3.07. The van der Waals surface area contributed by atoms with E-state index in [9.17, 15) is 5.11 Å². The average molecular weight is 349 g/mol. The molecule has 0 aromatic carbocycles. The Hall–Kier alpha value is -1.60. The molecule has 1 saturated carbocycles. The lowest BCUT2D eigenvalue weighted by molar-refractivity contribution is 0.127. The molecule has 1 unspecified atom stereocenters. The molecule has 0 bridgehead atoms. The average Bonchev–Trinajstić information content (AvgIpc) is 3.37. The van der Waals surface area contributed by atoms with Crippen molar-refractivity contribution in [3.05, 3.63) is 18.0 Å². The van der Waals surface area contributed by atoms with Crippen molar-refractivity contribution in [2.75, 3.05) is 33.4 Å². The van der Waals surface area contributed by atoms with Crippen LogP contribution < -0.4 is 10.6 Å². The molecule has 7 heteroatoms. The number of nitrogens with zero attached hydrogens (tertiary/aromatic N) is 3. The van der Waals surface area contributed by atoms with Gasteiger partial charge in [0.1, 0.15) is 0 Å². The summed E-state index contributed by atoms with van der Waals surface area (Å²) in [7, 11) is 1.77. The molecule has 0 radical (unpaired) electrons. The Kier molecular flexibility index (Phi) is 6.31. The van der Waals surface area contributed by atoms with E-state index in [1.165, 1.54) is 25.7 Å². The molecule has 7 nitrogen and oxygen atoms in total. The van der Waals surface area contributed by atoms with Crippen LogP contribution in [0.15, 0.2) is 17.3 Å². The molecule has 140 valence electrons. The highest BCUT2D eigenvalue weighted by Gasteiger charge is 2.34. The van der Waals surface area contributed by atoms with Gasteiger partial charge >= 0.3 is 0 Å². The van der Waals surface area contributed by atoms with E-state index in [4.69, 9.17) is 9.84 Å². The van der Waals surface area contributed by atoms with E-state index in [1.807, 2.05) is 0 Å². The normalized spacial score (nSPS) is 24.8. The number of aliphatic hydroxyl groups is 1. The first-order valence-electron chi connectivity index (χ1n) is 9.42. The molecule has 1 aliphatic heterocycles. The van der Waals surface area contributed by atoms with Gasteiger partial charge in [0.05, 0.1) is 24.9 Å². The summed E-state index contributed by atoms with van der Waals surface area (Å²) in [5.74, 6) is 0.764. The largest absolute Gasteiger partial charge is 0.396 e. The Balaban J connectivity index is 1.47. The van der Waals surface area contributed by atoms with Crippen LogP contribution in [0.25, 0.3) is 0 Å². The fourth-order valence-corrected chi connectivity index (χ4v) is 3.82. The van der Waals surface area contributed by atoms with Crippen molar-refractivity contribution >= 4 is 5.96 Å². The third-order valence-corrected chi connectivity index (χ3v) is 5.48. The zero-order valence-corrected chi connectivity index (χ0v) is 15.2. The van der Waals surface area contributed by atoms with Gasteiger partial charge in [-0.25, -0.2) is 0 Å². The highest BCUT2D eigenvalue weighted by Crippen LogP contribution is 2.31. The molecule has 1 aromatic heterocycles. The second kappa shape index (κ2) is 8.67. The first-order valence-corrected chi connectivity index (χ1v) is 9.42. The summed E-state index contributed by atoms with van der Waals surface area (Å²) in [6, 6.07) is 2.66. The quantitative estimate of drug-likeness (QED) is 0.513. The number of nitrogens with one attached hydrogen (secondary N) is 2. The lowest BCUT2D eigenvalue weighted by Crippen LogP contribution is -2.44. The minimum absolute atomic E-state index is 0.0103. The molecule has 2 aliphatic rings. The lowest BCUT2D eigenvalue weighted by atomic mass is 9.84. The number of aliphatic imine (C=N–C) groups is 1. The predicted molar refractivity (Wildman–Crippen MR) is 97.5 cm³/mol. The molecule has 1 aromatic rings. The highest BCUT2D eigenvalue weighted by molar-refractivity contribution is 5.79. The van der Waals surface area contributed by atoms with E-state index in [1.54, 1.807) is 7.05 Å². The predicted octanol–water partition coefficient (Wildman–Crippen LogP) is 1.45. The summed E-state index contributed by atoms with van der Waals surface area (Å²) in [5.41, 5.74) is 1.04. The third-order valence-electron chi connectivity index (χ3n) is 5.48. The summed E-state index contributed by atoms with van der Waals surface area (Å²) < 4.78 is 7.65. The summed E-state index contributed by atoms with van der Waals surface area (Å²) in [5, 5.41) is 20.7. The maximum atomic E-state index is 9.32. The van der Waals surface area contributed by atoms with E-state index in [0.717, 1.165) is 37.6 Å². The van der Waals surface area contributed by atoms with Gasteiger partial charge in [0, 0.05) is 38.4 Å². The van der Waals surface area contributed by atoms with Crippen LogP contribution in [-0.4, -0.2) is 54.3 Å². The van der Waals surface area contributed by atoms with Crippen LogP contribution in [0.1, 0.15) is 50.3 Å². The minimum atomic E-state index is 0.0103. The number of hydrogen-bond donors (Lipinski definition) is 3. The van der Waals surface area contributed by atoms with Crippen molar-refractivity contribution in [2.45, 2.75) is 51.1 Å². The van der Waals surface area contributed by atoms with Crippen molar-refractivity contribution in [2.24, 2.45) is 10.4 Å². The van der Waals surface area contributed by atoms with Gasteiger partial charge in [0.25, 0.3) is 0 Å². The van der Waals surface area contributed by atoms with Crippen LogP contribution in [0.4, 0.5) is 0 Å². The summed E-state index contributed by atoms with van der Waals surface area (Å²) in [6.07, 6.45) is 8.93. The summed E-state index contributed by atoms with van der Waals surface area (Å²) >= 11 is 0. The van der Waals surface area contributed by atoms with Gasteiger partial charge < -0.3 is 20.5 Å². The standard InChI is InChI=1S/C18H31N5O2/c1-19-17(21-13-18(7-10-24)8-11-25-14-18)20-12-15-6-9-23(22-15)16-4-2-3-5-16/h6,9,16,24H,2-5,7-8,10-14H2,1H3,(H2,19,20,21). The van der Waals surface area contributed by atoms with Gasteiger partial charge in [0.2, 0.25) is 0 Å². The van der Waals surface area contributed by atoms with Crippen molar-refractivity contribution in [1.29, 1.82) is 0 Å². The lowest BCUT2D eigenvalue weighted by Gasteiger charge is -2.27. The second-order valence-corrected chi connectivity index (χ2v) is 7.28. The van der Waals surface area contributed by atoms with Crippen LogP contribution in [0.5, 0.6) is 0 Å².